The molecular formula is C14H23NO2S. The van der Waals surface area contributed by atoms with Crippen molar-refractivity contribution in [2.45, 2.75) is 40.7 Å². The highest BCUT2D eigenvalue weighted by Gasteiger charge is 2.19. The van der Waals surface area contributed by atoms with Crippen LogP contribution >= 0.6 is 11.3 Å². The molecule has 1 aromatic rings. The first-order chi connectivity index (χ1) is 8.29. The van der Waals surface area contributed by atoms with E-state index >= 15 is 0 Å². The third kappa shape index (κ3) is 5.19. The smallest absolute Gasteiger partial charge is 0.308 e. The number of nitrogens with one attached hydrogen (secondary N) is 1. The van der Waals surface area contributed by atoms with Gasteiger partial charge in [-0.15, -0.1) is 11.3 Å². The van der Waals surface area contributed by atoms with Gasteiger partial charge in [-0.3, -0.25) is 4.79 Å². The van der Waals surface area contributed by atoms with Crippen molar-refractivity contribution in [3.05, 3.63) is 21.9 Å². The van der Waals surface area contributed by atoms with Crippen molar-refractivity contribution < 1.29 is 9.90 Å². The molecule has 1 heterocycles. The van der Waals surface area contributed by atoms with Crippen molar-refractivity contribution in [3.8, 4) is 0 Å². The minimum Gasteiger partial charge on any atom is -0.481 e. The molecule has 102 valence electrons. The molecule has 0 aromatic carbocycles. The first kappa shape index (κ1) is 15.2. The molecule has 18 heavy (non-hydrogen) atoms. The molecule has 1 unspecified atom stereocenters. The highest BCUT2D eigenvalue weighted by atomic mass is 32.1. The molecule has 0 saturated carbocycles. The van der Waals surface area contributed by atoms with Crippen molar-refractivity contribution in [1.82, 2.24) is 5.32 Å². The van der Waals surface area contributed by atoms with Gasteiger partial charge in [-0.25, -0.2) is 0 Å². The zero-order valence-electron chi connectivity index (χ0n) is 11.6. The standard InChI is InChI=1S/C14H23NO2S/c1-10(14(2,3)4)8-15-9-12-6-5-11(18-12)7-13(16)17/h5-6,10,15H,7-9H2,1-4H3,(H,16,17). The highest BCUT2D eigenvalue weighted by Crippen LogP contribution is 2.24. The summed E-state index contributed by atoms with van der Waals surface area (Å²) >= 11 is 1.58. The van der Waals surface area contributed by atoms with E-state index in [1.54, 1.807) is 11.3 Å². The average Bonchev–Trinajstić information content (AvgIpc) is 2.63. The van der Waals surface area contributed by atoms with Crippen LogP contribution in [-0.2, 0) is 17.8 Å². The first-order valence-electron chi connectivity index (χ1n) is 6.29. The maximum atomic E-state index is 10.6. The number of aliphatic carboxylic acids is 1. The van der Waals surface area contributed by atoms with E-state index in [0.717, 1.165) is 18.0 Å². The molecule has 1 atom stereocenters. The van der Waals surface area contributed by atoms with E-state index in [-0.39, 0.29) is 6.42 Å². The van der Waals surface area contributed by atoms with Crippen LogP contribution in [0.15, 0.2) is 12.1 Å². The number of rotatable bonds is 6. The van der Waals surface area contributed by atoms with Crippen LogP contribution in [0.3, 0.4) is 0 Å². The lowest BCUT2D eigenvalue weighted by atomic mass is 9.82. The van der Waals surface area contributed by atoms with Crippen LogP contribution in [0.4, 0.5) is 0 Å². The van der Waals surface area contributed by atoms with Crippen molar-refractivity contribution >= 4 is 17.3 Å². The SMILES string of the molecule is CC(CNCc1ccc(CC(=O)O)s1)C(C)(C)C. The second kappa shape index (κ2) is 6.34. The van der Waals surface area contributed by atoms with Crippen LogP contribution in [0.5, 0.6) is 0 Å². The minimum absolute atomic E-state index is 0.128. The van der Waals surface area contributed by atoms with Gasteiger partial charge in [0.15, 0.2) is 0 Å². The van der Waals surface area contributed by atoms with Crippen molar-refractivity contribution in [1.29, 1.82) is 0 Å². The maximum absolute atomic E-state index is 10.6. The van der Waals surface area contributed by atoms with Crippen LogP contribution in [0, 0.1) is 11.3 Å². The molecule has 0 aliphatic heterocycles. The van der Waals surface area contributed by atoms with Crippen molar-refractivity contribution in [2.24, 2.45) is 11.3 Å². The van der Waals surface area contributed by atoms with Gasteiger partial charge < -0.3 is 10.4 Å². The van der Waals surface area contributed by atoms with E-state index in [9.17, 15) is 4.79 Å². The van der Waals surface area contributed by atoms with Gasteiger partial charge in [0.05, 0.1) is 6.42 Å². The topological polar surface area (TPSA) is 49.3 Å². The minimum atomic E-state index is -0.766. The molecule has 0 amide bonds. The van der Waals surface area contributed by atoms with E-state index in [2.05, 4.69) is 33.0 Å². The van der Waals surface area contributed by atoms with Crippen molar-refractivity contribution in [3.63, 3.8) is 0 Å². The molecule has 0 saturated heterocycles. The molecular weight excluding hydrogens is 246 g/mol. The van der Waals surface area contributed by atoms with Gasteiger partial charge in [-0.2, -0.15) is 0 Å². The largest absolute Gasteiger partial charge is 0.481 e. The Morgan fingerprint density at radius 1 is 1.39 bits per heavy atom. The zero-order chi connectivity index (χ0) is 13.8. The number of hydrogen-bond acceptors (Lipinski definition) is 3. The van der Waals surface area contributed by atoms with Crippen LogP contribution in [0.2, 0.25) is 0 Å². The third-order valence-corrected chi connectivity index (χ3v) is 4.36. The Morgan fingerprint density at radius 2 is 2.00 bits per heavy atom. The Kier molecular flexibility index (Phi) is 5.35. The molecule has 4 heteroatoms. The summed E-state index contributed by atoms with van der Waals surface area (Å²) in [6.07, 6.45) is 0.128. The van der Waals surface area contributed by atoms with Crippen LogP contribution in [0.25, 0.3) is 0 Å². The number of hydrogen-bond donors (Lipinski definition) is 2. The lowest BCUT2D eigenvalue weighted by molar-refractivity contribution is -0.136. The predicted octanol–water partition coefficient (Wildman–Crippen LogP) is 3.15. The normalized spacial score (nSPS) is 13.6. The molecule has 2 N–H and O–H groups in total. The van der Waals surface area contributed by atoms with Crippen LogP contribution < -0.4 is 5.32 Å². The lowest BCUT2D eigenvalue weighted by Gasteiger charge is -2.27. The van der Waals surface area contributed by atoms with E-state index in [1.165, 1.54) is 4.88 Å². The van der Waals surface area contributed by atoms with E-state index in [1.807, 2.05) is 12.1 Å². The number of carboxylic acids is 1. The average molecular weight is 269 g/mol. The Hall–Kier alpha value is -0.870. The molecule has 0 radical (unpaired) electrons. The summed E-state index contributed by atoms with van der Waals surface area (Å²) in [5.74, 6) is -0.159. The predicted molar refractivity (Wildman–Crippen MR) is 76.0 cm³/mol. The zero-order valence-corrected chi connectivity index (χ0v) is 12.4. The number of carbonyl (C=O) groups is 1. The monoisotopic (exact) mass is 269 g/mol. The molecule has 0 bridgehead atoms. The Balaban J connectivity index is 2.36. The fraction of sp³-hybridized carbons (Fsp3) is 0.643. The Morgan fingerprint density at radius 3 is 2.56 bits per heavy atom. The van der Waals surface area contributed by atoms with Gasteiger partial charge in [-0.1, -0.05) is 27.7 Å². The quantitative estimate of drug-likeness (QED) is 0.834. The van der Waals surface area contributed by atoms with Gasteiger partial charge in [0.1, 0.15) is 0 Å². The number of carboxylic acid groups (broad SMARTS) is 1. The van der Waals surface area contributed by atoms with Crippen LogP contribution in [0.1, 0.15) is 37.4 Å². The molecule has 1 rings (SSSR count). The summed E-state index contributed by atoms with van der Waals surface area (Å²) in [7, 11) is 0. The summed E-state index contributed by atoms with van der Waals surface area (Å²) < 4.78 is 0. The summed E-state index contributed by atoms with van der Waals surface area (Å²) in [6, 6.07) is 3.92. The van der Waals surface area contributed by atoms with E-state index < -0.39 is 5.97 Å². The van der Waals surface area contributed by atoms with Crippen molar-refractivity contribution in [2.75, 3.05) is 6.54 Å². The second-order valence-electron chi connectivity index (χ2n) is 5.84. The molecule has 0 aliphatic rings. The summed E-state index contributed by atoms with van der Waals surface area (Å²) in [4.78, 5) is 12.7. The fourth-order valence-corrected chi connectivity index (χ4v) is 2.46. The van der Waals surface area contributed by atoms with E-state index in [0.29, 0.717) is 11.3 Å². The maximum Gasteiger partial charge on any atom is 0.308 e. The van der Waals surface area contributed by atoms with E-state index in [4.69, 9.17) is 5.11 Å². The summed E-state index contributed by atoms with van der Waals surface area (Å²) in [5.41, 5.74) is 0.316. The van der Waals surface area contributed by atoms with Gasteiger partial charge >= 0.3 is 5.97 Å². The van der Waals surface area contributed by atoms with Gasteiger partial charge in [0, 0.05) is 16.3 Å². The molecule has 3 nitrogen and oxygen atoms in total. The summed E-state index contributed by atoms with van der Waals surface area (Å²) in [6.45, 7) is 10.8. The number of thiophene rings is 1. The fourth-order valence-electron chi connectivity index (χ4n) is 1.48. The molecule has 0 spiro atoms. The van der Waals surface area contributed by atoms with Gasteiger partial charge in [0.2, 0.25) is 0 Å². The third-order valence-electron chi connectivity index (χ3n) is 3.27. The van der Waals surface area contributed by atoms with Gasteiger partial charge in [0.25, 0.3) is 0 Å². The lowest BCUT2D eigenvalue weighted by Crippen LogP contribution is -2.29. The molecule has 1 aromatic heterocycles. The van der Waals surface area contributed by atoms with Crippen LogP contribution in [-0.4, -0.2) is 17.6 Å². The van der Waals surface area contributed by atoms with Gasteiger partial charge in [-0.05, 0) is 30.0 Å². The second-order valence-corrected chi connectivity index (χ2v) is 7.09. The summed E-state index contributed by atoms with van der Waals surface area (Å²) in [5, 5.41) is 12.1. The molecule has 0 fully saturated rings. The Bertz CT molecular complexity index is 393. The highest BCUT2D eigenvalue weighted by molar-refractivity contribution is 7.12. The molecule has 0 aliphatic carbocycles. The Labute approximate surface area is 113 Å². The first-order valence-corrected chi connectivity index (χ1v) is 7.11.